The quantitative estimate of drug-likeness (QED) is 0.0556. The molecule has 7 aromatic carbocycles. The van der Waals surface area contributed by atoms with E-state index in [0.717, 1.165) is 17.8 Å². The van der Waals surface area contributed by atoms with E-state index in [2.05, 4.69) is 25.8 Å². The summed E-state index contributed by atoms with van der Waals surface area (Å²) in [5, 5.41) is 41.1. The molecule has 0 saturated heterocycles. The molecule has 0 unspecified atom stereocenters. The highest BCUT2D eigenvalue weighted by Crippen LogP contribution is 2.43. The Labute approximate surface area is 324 Å². The first-order valence-electron chi connectivity index (χ1n) is 16.3. The number of para-hydroxylation sites is 1. The Bertz CT molecular complexity index is 3130. The number of fused-ring (bicyclic) bond motifs is 2. The molecule has 0 amide bonds. The lowest BCUT2D eigenvalue weighted by Crippen LogP contribution is -2.04. The minimum absolute atomic E-state index is 0.0817. The van der Waals surface area contributed by atoms with Gasteiger partial charge in [-0.1, -0.05) is 48.5 Å². The number of nitrogens with one attached hydrogen (secondary N) is 1. The summed E-state index contributed by atoms with van der Waals surface area (Å²) in [5.41, 5.74) is 2.53. The molecule has 0 radical (unpaired) electrons. The van der Waals surface area contributed by atoms with Gasteiger partial charge < -0.3 is 15.5 Å². The maximum Gasteiger partial charge on any atom is 0.296 e. The number of phenolic OH excluding ortho intramolecular Hbond substituents is 2. The van der Waals surface area contributed by atoms with E-state index in [1.807, 2.05) is 30.3 Å². The van der Waals surface area contributed by atoms with Gasteiger partial charge in [-0.05, 0) is 101 Å². The average Bonchev–Trinajstić information content (AvgIpc) is 3.16. The predicted molar refractivity (Wildman–Crippen MR) is 211 cm³/mol. The van der Waals surface area contributed by atoms with E-state index in [9.17, 15) is 49.1 Å². The van der Waals surface area contributed by atoms with Crippen LogP contribution in [0.25, 0.3) is 32.7 Å². The lowest BCUT2D eigenvalue weighted by Gasteiger charge is -2.11. The molecule has 0 bridgehead atoms. The molecular weight excluding hydrogens is 799 g/mol. The van der Waals surface area contributed by atoms with Crippen LogP contribution in [0.15, 0.2) is 163 Å². The highest BCUT2D eigenvalue weighted by Gasteiger charge is 2.25. The number of hydrogen-bond acceptors (Lipinski definition) is 13. The van der Waals surface area contributed by atoms with Crippen molar-refractivity contribution < 1.29 is 49.1 Å². The van der Waals surface area contributed by atoms with E-state index in [0.29, 0.717) is 28.3 Å². The van der Waals surface area contributed by atoms with Crippen LogP contribution in [0.3, 0.4) is 0 Å². The molecule has 0 aromatic heterocycles. The van der Waals surface area contributed by atoms with Gasteiger partial charge in [0, 0.05) is 22.1 Å². The van der Waals surface area contributed by atoms with Gasteiger partial charge >= 0.3 is 0 Å². The third-order valence-electron chi connectivity index (χ3n) is 8.57. The number of hydrogen-bond donors (Lipinski definition) is 6. The fraction of sp³-hybridized carbons (Fsp3) is 0. The number of nitrogens with zero attached hydrogens (tertiary/aromatic N) is 4. The van der Waals surface area contributed by atoms with Crippen molar-refractivity contribution in [3.63, 3.8) is 0 Å². The summed E-state index contributed by atoms with van der Waals surface area (Å²) in [6.45, 7) is 0. The van der Waals surface area contributed by atoms with Gasteiger partial charge in [-0.25, -0.2) is 0 Å². The second-order valence-corrected chi connectivity index (χ2v) is 16.6. The van der Waals surface area contributed by atoms with Crippen molar-refractivity contribution in [1.29, 1.82) is 0 Å². The lowest BCUT2D eigenvalue weighted by molar-refractivity contribution is 0.472. The summed E-state index contributed by atoms with van der Waals surface area (Å²) in [6.07, 6.45) is 0. The van der Waals surface area contributed by atoms with Crippen LogP contribution in [-0.4, -0.2) is 49.1 Å². The molecule has 16 nitrogen and oxygen atoms in total. The van der Waals surface area contributed by atoms with Crippen molar-refractivity contribution in [3.8, 4) is 22.6 Å². The third kappa shape index (κ3) is 8.33. The minimum atomic E-state index is -5.07. The summed E-state index contributed by atoms with van der Waals surface area (Å²) < 4.78 is 102. The average molecular weight is 826 g/mol. The Morgan fingerprint density at radius 3 is 1.61 bits per heavy atom. The fourth-order valence-electron chi connectivity index (χ4n) is 5.89. The maximum atomic E-state index is 12.4. The molecule has 0 saturated carbocycles. The molecular formula is C38H27N5O11S3. The van der Waals surface area contributed by atoms with Crippen LogP contribution in [0.4, 0.5) is 34.1 Å². The smallest absolute Gasteiger partial charge is 0.296 e. The van der Waals surface area contributed by atoms with E-state index in [-0.39, 0.29) is 33.2 Å². The van der Waals surface area contributed by atoms with E-state index in [1.54, 1.807) is 66.7 Å². The van der Waals surface area contributed by atoms with E-state index in [1.165, 1.54) is 12.1 Å². The van der Waals surface area contributed by atoms with Crippen LogP contribution >= 0.6 is 0 Å². The zero-order chi connectivity index (χ0) is 40.7. The van der Waals surface area contributed by atoms with Crippen molar-refractivity contribution in [3.05, 3.63) is 127 Å². The van der Waals surface area contributed by atoms with Gasteiger partial charge in [0.05, 0.1) is 16.3 Å². The normalized spacial score (nSPS) is 12.5. The highest BCUT2D eigenvalue weighted by atomic mass is 32.2. The monoisotopic (exact) mass is 825 g/mol. The van der Waals surface area contributed by atoms with Crippen LogP contribution in [0.5, 0.6) is 11.5 Å². The van der Waals surface area contributed by atoms with Crippen molar-refractivity contribution in [2.24, 2.45) is 20.5 Å². The summed E-state index contributed by atoms with van der Waals surface area (Å²) in [7, 11) is -14.8. The standard InChI is InChI=1S/C38H27N5O11S3/c44-32-17-10-24-19-30(55(46,47)48)21-33(56(49,50)51)35(24)36(32)42-40-27-11-6-22(7-12-27)23-8-13-28(14-9-23)41-43-37-34(57(52,53)54)20-25-18-29(15-16-31(25)38(37)45)39-26-4-2-1-3-5-26/h1-21,39,44-45H,(H,46,47,48)(H,49,50,51)(H,52,53,54). The molecule has 6 N–H and O–H groups in total. The molecule has 0 aliphatic rings. The predicted octanol–water partition coefficient (Wildman–Crippen LogP) is 9.39. The first-order valence-corrected chi connectivity index (χ1v) is 20.7. The van der Waals surface area contributed by atoms with Gasteiger partial charge in [-0.2, -0.15) is 35.5 Å². The van der Waals surface area contributed by atoms with Gasteiger partial charge in [-0.15, -0.1) is 10.2 Å². The molecule has 57 heavy (non-hydrogen) atoms. The number of anilines is 2. The fourth-order valence-corrected chi connectivity index (χ4v) is 7.92. The Balaban J connectivity index is 1.13. The Kier molecular flexibility index (Phi) is 10.0. The summed E-state index contributed by atoms with van der Waals surface area (Å²) in [4.78, 5) is -2.36. The second-order valence-electron chi connectivity index (χ2n) is 12.4. The van der Waals surface area contributed by atoms with E-state index < -0.39 is 62.2 Å². The molecule has 288 valence electrons. The van der Waals surface area contributed by atoms with Crippen LogP contribution in [0.2, 0.25) is 0 Å². The molecule has 7 rings (SSSR count). The van der Waals surface area contributed by atoms with Gasteiger partial charge in [0.15, 0.2) is 5.75 Å². The van der Waals surface area contributed by atoms with Crippen molar-refractivity contribution in [1.82, 2.24) is 0 Å². The number of azo groups is 2. The van der Waals surface area contributed by atoms with Crippen LogP contribution in [0.1, 0.15) is 0 Å². The highest BCUT2D eigenvalue weighted by molar-refractivity contribution is 7.87. The topological polar surface area (TPSA) is 265 Å². The lowest BCUT2D eigenvalue weighted by atomic mass is 10.1. The molecule has 7 aromatic rings. The number of rotatable bonds is 10. The molecule has 0 spiro atoms. The van der Waals surface area contributed by atoms with E-state index >= 15 is 0 Å². The maximum absolute atomic E-state index is 12.4. The molecule has 0 atom stereocenters. The Morgan fingerprint density at radius 2 is 1.05 bits per heavy atom. The molecule has 0 fully saturated rings. The van der Waals surface area contributed by atoms with Gasteiger partial charge in [0.2, 0.25) is 0 Å². The third-order valence-corrected chi connectivity index (χ3v) is 11.1. The summed E-state index contributed by atoms with van der Waals surface area (Å²) >= 11 is 0. The summed E-state index contributed by atoms with van der Waals surface area (Å²) in [5.74, 6) is -1.02. The van der Waals surface area contributed by atoms with Crippen molar-refractivity contribution >= 4 is 86.0 Å². The second kappa shape index (κ2) is 14.8. The number of phenols is 2. The molecule has 0 aliphatic heterocycles. The SMILES string of the molecule is O=S(=O)(O)c1cc(S(=O)(=O)O)c2c(N=Nc3ccc(-c4ccc(N=Nc5c(S(=O)(=O)O)cc6cc(Nc7ccccc7)ccc6c5O)cc4)cc3)c(O)ccc2c1. The Morgan fingerprint density at radius 1 is 0.474 bits per heavy atom. The zero-order valence-corrected chi connectivity index (χ0v) is 31.3. The molecule has 0 heterocycles. The van der Waals surface area contributed by atoms with Crippen molar-refractivity contribution in [2.45, 2.75) is 14.7 Å². The van der Waals surface area contributed by atoms with Crippen LogP contribution < -0.4 is 5.32 Å². The number of benzene rings is 7. The first-order chi connectivity index (χ1) is 27.0. The van der Waals surface area contributed by atoms with Crippen molar-refractivity contribution in [2.75, 3.05) is 5.32 Å². The van der Waals surface area contributed by atoms with Gasteiger partial charge in [-0.3, -0.25) is 13.7 Å². The zero-order valence-electron chi connectivity index (χ0n) is 28.8. The number of aromatic hydroxyl groups is 2. The first kappa shape index (κ1) is 38.7. The molecule has 0 aliphatic carbocycles. The van der Waals surface area contributed by atoms with E-state index in [4.69, 9.17) is 0 Å². The largest absolute Gasteiger partial charge is 0.506 e. The molecule has 19 heteroatoms. The minimum Gasteiger partial charge on any atom is -0.506 e. The van der Waals surface area contributed by atoms with Gasteiger partial charge in [0.1, 0.15) is 26.9 Å². The van der Waals surface area contributed by atoms with Gasteiger partial charge in [0.25, 0.3) is 30.4 Å². The van der Waals surface area contributed by atoms with Crippen LogP contribution in [0, 0.1) is 0 Å². The Hall–Kier alpha value is -6.61. The van der Waals surface area contributed by atoms with Crippen LogP contribution in [-0.2, 0) is 30.4 Å². The summed E-state index contributed by atoms with van der Waals surface area (Å²) in [6, 6.07) is 32.2.